The Labute approximate surface area is 280 Å². The Morgan fingerprint density at radius 1 is 0.896 bits per heavy atom. The van der Waals surface area contributed by atoms with E-state index in [4.69, 9.17) is 4.74 Å². The van der Waals surface area contributed by atoms with E-state index in [1.165, 1.54) is 29.2 Å². The number of amides is 3. The van der Waals surface area contributed by atoms with Gasteiger partial charge >= 0.3 is 6.18 Å². The number of halogens is 3. The van der Waals surface area contributed by atoms with Gasteiger partial charge in [-0.15, -0.1) is 0 Å². The predicted octanol–water partition coefficient (Wildman–Crippen LogP) is 5.52. The minimum Gasteiger partial charge on any atom is -0.380 e. The van der Waals surface area contributed by atoms with Crippen LogP contribution in [0.15, 0.2) is 84.9 Å². The monoisotopic (exact) mass is 664 g/mol. The first kappa shape index (κ1) is 36.2. The van der Waals surface area contributed by atoms with Gasteiger partial charge < -0.3 is 24.3 Å². The summed E-state index contributed by atoms with van der Waals surface area (Å²) in [5.74, 6) is -0.646. The first-order valence-corrected chi connectivity index (χ1v) is 16.1. The van der Waals surface area contributed by atoms with Crippen molar-refractivity contribution in [1.29, 1.82) is 0 Å². The zero-order valence-electron chi connectivity index (χ0n) is 27.7. The number of ether oxygens (including phenoxy) is 1. The molecule has 8 nitrogen and oxygen atoms in total. The van der Waals surface area contributed by atoms with Gasteiger partial charge in [0.2, 0.25) is 17.7 Å². The number of carbonyl (C=O) groups is 3. The number of benzene rings is 3. The minimum atomic E-state index is -4.47. The van der Waals surface area contributed by atoms with Crippen LogP contribution in [0.3, 0.4) is 0 Å². The molecule has 3 aromatic carbocycles. The molecular weight excluding hydrogens is 621 g/mol. The number of anilines is 1. The molecule has 11 heteroatoms. The van der Waals surface area contributed by atoms with Crippen LogP contribution >= 0.6 is 0 Å². The number of piperazine rings is 1. The summed E-state index contributed by atoms with van der Waals surface area (Å²) in [4.78, 5) is 46.9. The van der Waals surface area contributed by atoms with E-state index in [0.717, 1.165) is 28.9 Å². The molecule has 3 amide bonds. The Morgan fingerprint density at radius 2 is 1.54 bits per heavy atom. The van der Waals surface area contributed by atoms with E-state index in [1.54, 1.807) is 18.9 Å². The van der Waals surface area contributed by atoms with Gasteiger partial charge in [-0.2, -0.15) is 13.2 Å². The van der Waals surface area contributed by atoms with Crippen molar-refractivity contribution in [1.82, 2.24) is 14.7 Å². The SMILES string of the molecule is CCOCCN(C)C(=O)[C@H](Cc1ccccc1)N(Cc1ccc(N2CCN(C(C)=O)CC2)cc1)C(=O)/C=C/c1ccc(C(F)(F)F)cc1. The van der Waals surface area contributed by atoms with Crippen molar-refractivity contribution in [2.75, 3.05) is 57.9 Å². The predicted molar refractivity (Wildman–Crippen MR) is 180 cm³/mol. The Hall–Kier alpha value is -4.64. The maximum atomic E-state index is 14.0. The van der Waals surface area contributed by atoms with Crippen molar-refractivity contribution in [2.24, 2.45) is 0 Å². The van der Waals surface area contributed by atoms with E-state index in [1.807, 2.05) is 66.4 Å². The van der Waals surface area contributed by atoms with E-state index in [-0.39, 0.29) is 24.8 Å². The third-order valence-electron chi connectivity index (χ3n) is 8.40. The standard InChI is InChI=1S/C37H43F3N4O4/c1-4-48-25-24-41(3)36(47)34(26-30-8-6-5-7-9-30)44(35(46)19-14-29-10-15-32(16-11-29)37(38,39)40)27-31-12-17-33(18-13-31)43-22-20-42(21-23-43)28(2)45/h5-19,34H,4,20-27H2,1-3H3/b19-14+/t34-/m0/s1. The zero-order valence-corrected chi connectivity index (χ0v) is 27.7. The number of hydrogen-bond donors (Lipinski definition) is 0. The van der Waals surface area contributed by atoms with Gasteiger partial charge in [-0.1, -0.05) is 54.6 Å². The van der Waals surface area contributed by atoms with Crippen LogP contribution in [0.5, 0.6) is 0 Å². The minimum absolute atomic E-state index is 0.0604. The van der Waals surface area contributed by atoms with Gasteiger partial charge in [-0.05, 0) is 54.0 Å². The molecule has 0 N–H and O–H groups in total. The normalized spacial score (nSPS) is 14.2. The second-order valence-electron chi connectivity index (χ2n) is 11.7. The first-order valence-electron chi connectivity index (χ1n) is 16.1. The molecule has 0 unspecified atom stereocenters. The third kappa shape index (κ3) is 10.2. The fraction of sp³-hybridized carbons (Fsp3) is 0.378. The molecule has 0 aromatic heterocycles. The molecule has 1 aliphatic heterocycles. The van der Waals surface area contributed by atoms with Crippen molar-refractivity contribution in [3.63, 3.8) is 0 Å². The fourth-order valence-corrected chi connectivity index (χ4v) is 5.56. The number of carbonyl (C=O) groups excluding carboxylic acids is 3. The van der Waals surface area contributed by atoms with Crippen molar-refractivity contribution in [2.45, 2.75) is 39.0 Å². The lowest BCUT2D eigenvalue weighted by Crippen LogP contribution is -2.51. The summed E-state index contributed by atoms with van der Waals surface area (Å²) in [6, 6.07) is 20.9. The summed E-state index contributed by atoms with van der Waals surface area (Å²) >= 11 is 0. The molecule has 0 aliphatic carbocycles. The second kappa shape index (κ2) is 17.0. The quantitative estimate of drug-likeness (QED) is 0.178. The summed E-state index contributed by atoms with van der Waals surface area (Å²) in [7, 11) is 1.68. The van der Waals surface area contributed by atoms with E-state index in [2.05, 4.69) is 4.90 Å². The van der Waals surface area contributed by atoms with Crippen molar-refractivity contribution >= 4 is 29.5 Å². The Bertz CT molecular complexity index is 1520. The average Bonchev–Trinajstić information content (AvgIpc) is 3.09. The summed E-state index contributed by atoms with van der Waals surface area (Å²) in [6.45, 7) is 7.47. The largest absolute Gasteiger partial charge is 0.416 e. The molecule has 0 radical (unpaired) electrons. The molecular formula is C37H43F3N4O4. The highest BCUT2D eigenvalue weighted by atomic mass is 19.4. The molecule has 48 heavy (non-hydrogen) atoms. The zero-order chi connectivity index (χ0) is 34.7. The van der Waals surface area contributed by atoms with Crippen LogP contribution in [0.4, 0.5) is 18.9 Å². The Kier molecular flexibility index (Phi) is 12.8. The van der Waals surface area contributed by atoms with Gasteiger partial charge in [-0.3, -0.25) is 14.4 Å². The fourth-order valence-electron chi connectivity index (χ4n) is 5.56. The molecule has 1 fully saturated rings. The van der Waals surface area contributed by atoms with Gasteiger partial charge in [0.05, 0.1) is 12.2 Å². The molecule has 0 saturated carbocycles. The summed E-state index contributed by atoms with van der Waals surface area (Å²) < 4.78 is 44.7. The molecule has 1 atom stereocenters. The van der Waals surface area contributed by atoms with Gasteiger partial charge in [0.25, 0.3) is 0 Å². The van der Waals surface area contributed by atoms with E-state index in [9.17, 15) is 27.6 Å². The lowest BCUT2D eigenvalue weighted by atomic mass is 10.0. The summed E-state index contributed by atoms with van der Waals surface area (Å²) in [5, 5.41) is 0. The number of alkyl halides is 3. The van der Waals surface area contributed by atoms with Crippen LogP contribution in [-0.2, 0) is 38.3 Å². The molecule has 3 aromatic rings. The number of hydrogen-bond acceptors (Lipinski definition) is 5. The highest BCUT2D eigenvalue weighted by Gasteiger charge is 2.32. The molecule has 1 heterocycles. The van der Waals surface area contributed by atoms with Crippen LogP contribution in [0, 0.1) is 0 Å². The maximum Gasteiger partial charge on any atom is 0.416 e. The van der Waals surface area contributed by atoms with Crippen molar-refractivity contribution < 1.29 is 32.3 Å². The number of rotatable bonds is 13. The Morgan fingerprint density at radius 3 is 2.12 bits per heavy atom. The van der Waals surface area contributed by atoms with Crippen LogP contribution in [0.25, 0.3) is 6.08 Å². The topological polar surface area (TPSA) is 73.4 Å². The first-order chi connectivity index (χ1) is 23.0. The van der Waals surface area contributed by atoms with Crippen LogP contribution in [0.1, 0.15) is 36.1 Å². The third-order valence-corrected chi connectivity index (χ3v) is 8.40. The van der Waals surface area contributed by atoms with Crippen molar-refractivity contribution in [3.8, 4) is 0 Å². The lowest BCUT2D eigenvalue weighted by molar-refractivity contribution is -0.143. The highest BCUT2D eigenvalue weighted by Crippen LogP contribution is 2.29. The number of likely N-dealkylation sites (N-methyl/N-ethyl adjacent to an activating group) is 1. The van der Waals surface area contributed by atoms with Gasteiger partial charge in [-0.25, -0.2) is 0 Å². The molecule has 4 rings (SSSR count). The maximum absolute atomic E-state index is 14.0. The van der Waals surface area contributed by atoms with Crippen LogP contribution < -0.4 is 4.90 Å². The van der Waals surface area contributed by atoms with E-state index < -0.39 is 23.7 Å². The highest BCUT2D eigenvalue weighted by molar-refractivity contribution is 5.95. The molecule has 0 bridgehead atoms. The summed E-state index contributed by atoms with van der Waals surface area (Å²) in [6.07, 6.45) is -1.44. The van der Waals surface area contributed by atoms with Gasteiger partial charge in [0.15, 0.2) is 0 Å². The molecule has 256 valence electrons. The molecule has 1 aliphatic rings. The van der Waals surface area contributed by atoms with Crippen LogP contribution in [-0.4, -0.2) is 91.4 Å². The van der Waals surface area contributed by atoms with Gasteiger partial charge in [0, 0.05) is 78.0 Å². The molecule has 0 spiro atoms. The summed E-state index contributed by atoms with van der Waals surface area (Å²) in [5.41, 5.74) is 2.32. The lowest BCUT2D eigenvalue weighted by Gasteiger charge is -2.36. The Balaban J connectivity index is 1.62. The van der Waals surface area contributed by atoms with Crippen molar-refractivity contribution in [3.05, 3.63) is 107 Å². The molecule has 1 saturated heterocycles. The smallest absolute Gasteiger partial charge is 0.380 e. The second-order valence-corrected chi connectivity index (χ2v) is 11.7. The van der Waals surface area contributed by atoms with E-state index in [0.29, 0.717) is 51.5 Å². The van der Waals surface area contributed by atoms with E-state index >= 15 is 0 Å². The van der Waals surface area contributed by atoms with Crippen LogP contribution in [0.2, 0.25) is 0 Å². The van der Waals surface area contributed by atoms with Gasteiger partial charge in [0.1, 0.15) is 6.04 Å². The average molecular weight is 665 g/mol. The number of nitrogens with zero attached hydrogens (tertiary/aromatic N) is 4.